The lowest BCUT2D eigenvalue weighted by atomic mass is 9.92. The van der Waals surface area contributed by atoms with E-state index in [2.05, 4.69) is 46.7 Å². The molecule has 0 amide bonds. The highest BCUT2D eigenvalue weighted by Gasteiger charge is 2.28. The number of nitrogens with one attached hydrogen (secondary N) is 1. The summed E-state index contributed by atoms with van der Waals surface area (Å²) in [7, 11) is 1.67. The Labute approximate surface area is 203 Å². The number of methoxy groups -OCH3 is 1. The van der Waals surface area contributed by atoms with E-state index >= 15 is 0 Å². The van der Waals surface area contributed by atoms with E-state index in [1.165, 1.54) is 27.1 Å². The average molecular weight is 472 g/mol. The predicted molar refractivity (Wildman–Crippen MR) is 137 cm³/mol. The van der Waals surface area contributed by atoms with E-state index in [-0.39, 0.29) is 5.56 Å². The van der Waals surface area contributed by atoms with Crippen LogP contribution in [0.4, 0.5) is 0 Å². The van der Waals surface area contributed by atoms with Gasteiger partial charge in [0.15, 0.2) is 0 Å². The minimum atomic E-state index is 0.105. The van der Waals surface area contributed by atoms with Crippen molar-refractivity contribution >= 4 is 21.6 Å². The van der Waals surface area contributed by atoms with Gasteiger partial charge in [-0.05, 0) is 72.9 Å². The normalized spacial score (nSPS) is 17.6. The molecule has 2 aliphatic rings. The Balaban J connectivity index is 1.16. The number of rotatable bonds is 6. The summed E-state index contributed by atoms with van der Waals surface area (Å²) in [4.78, 5) is 20.3. The van der Waals surface area contributed by atoms with Gasteiger partial charge < -0.3 is 10.1 Å². The molecular formula is C28H29N3O2S. The van der Waals surface area contributed by atoms with Crippen LogP contribution in [-0.4, -0.2) is 28.7 Å². The second kappa shape index (κ2) is 9.01. The van der Waals surface area contributed by atoms with Gasteiger partial charge in [-0.3, -0.25) is 9.36 Å². The van der Waals surface area contributed by atoms with E-state index < -0.39 is 0 Å². The first kappa shape index (κ1) is 21.6. The standard InChI is InChI=1S/C28H29N3O2S/c1-33-23-9-6-18(7-10-23)12-13-31-17-29-27-26(28(31)32)24-11-8-21(16-25(24)34-27)30-22-14-19-4-2-3-5-20(19)15-22/h2-7,9-10,17,21-22,30H,8,11-16H2,1H3/t21-/m1/s1. The molecule has 0 radical (unpaired) electrons. The molecule has 2 aromatic carbocycles. The summed E-state index contributed by atoms with van der Waals surface area (Å²) in [5.74, 6) is 0.846. The first-order valence-electron chi connectivity index (χ1n) is 12.1. The maximum absolute atomic E-state index is 13.4. The summed E-state index contributed by atoms with van der Waals surface area (Å²) in [6, 6.07) is 17.8. The van der Waals surface area contributed by atoms with Crippen LogP contribution in [0.5, 0.6) is 5.75 Å². The summed E-state index contributed by atoms with van der Waals surface area (Å²) in [6.07, 6.45) is 7.77. The molecule has 0 fully saturated rings. The number of hydrogen-bond donors (Lipinski definition) is 1. The Kier molecular flexibility index (Phi) is 5.71. The van der Waals surface area contributed by atoms with Gasteiger partial charge >= 0.3 is 0 Å². The molecule has 5 nitrogen and oxygen atoms in total. The van der Waals surface area contributed by atoms with Crippen molar-refractivity contribution in [1.29, 1.82) is 0 Å². The van der Waals surface area contributed by atoms with Gasteiger partial charge in [0.05, 0.1) is 18.8 Å². The zero-order chi connectivity index (χ0) is 23.1. The van der Waals surface area contributed by atoms with Crippen LogP contribution in [0.1, 0.15) is 33.6 Å². The summed E-state index contributed by atoms with van der Waals surface area (Å²) in [5.41, 5.74) is 5.50. The van der Waals surface area contributed by atoms with Gasteiger partial charge in [0, 0.05) is 23.5 Å². The third kappa shape index (κ3) is 4.05. The maximum Gasteiger partial charge on any atom is 0.262 e. The van der Waals surface area contributed by atoms with Gasteiger partial charge in [0.1, 0.15) is 10.6 Å². The van der Waals surface area contributed by atoms with Crippen molar-refractivity contribution in [2.75, 3.05) is 7.11 Å². The molecule has 1 atom stereocenters. The van der Waals surface area contributed by atoms with E-state index in [9.17, 15) is 4.79 Å². The summed E-state index contributed by atoms with van der Waals surface area (Å²) < 4.78 is 7.01. The highest BCUT2D eigenvalue weighted by Crippen LogP contribution is 2.34. The summed E-state index contributed by atoms with van der Waals surface area (Å²) >= 11 is 1.71. The lowest BCUT2D eigenvalue weighted by Crippen LogP contribution is -2.41. The van der Waals surface area contributed by atoms with Crippen molar-refractivity contribution < 1.29 is 4.74 Å². The van der Waals surface area contributed by atoms with Crippen LogP contribution in [0.3, 0.4) is 0 Å². The first-order chi connectivity index (χ1) is 16.7. The van der Waals surface area contributed by atoms with Gasteiger partial charge in [-0.15, -0.1) is 11.3 Å². The number of ether oxygens (including phenoxy) is 1. The molecule has 2 heterocycles. The van der Waals surface area contributed by atoms with Gasteiger partial charge in [-0.25, -0.2) is 4.98 Å². The van der Waals surface area contributed by atoms with Crippen molar-refractivity contribution in [3.05, 3.63) is 92.3 Å². The Morgan fingerprint density at radius 1 is 1.06 bits per heavy atom. The molecule has 0 aliphatic heterocycles. The molecule has 174 valence electrons. The highest BCUT2D eigenvalue weighted by molar-refractivity contribution is 7.18. The zero-order valence-electron chi connectivity index (χ0n) is 19.4. The van der Waals surface area contributed by atoms with Gasteiger partial charge in [-0.1, -0.05) is 36.4 Å². The van der Waals surface area contributed by atoms with E-state index in [0.29, 0.717) is 18.6 Å². The van der Waals surface area contributed by atoms with Gasteiger partial charge in [0.25, 0.3) is 5.56 Å². The zero-order valence-corrected chi connectivity index (χ0v) is 20.2. The van der Waals surface area contributed by atoms with Crippen LogP contribution in [-0.2, 0) is 38.6 Å². The number of aromatic nitrogens is 2. The van der Waals surface area contributed by atoms with Crippen molar-refractivity contribution in [2.24, 2.45) is 0 Å². The van der Waals surface area contributed by atoms with E-state index in [4.69, 9.17) is 4.74 Å². The molecule has 0 bridgehead atoms. The third-order valence-electron chi connectivity index (χ3n) is 7.36. The molecule has 0 spiro atoms. The molecule has 4 aromatic rings. The topological polar surface area (TPSA) is 56.2 Å². The molecule has 34 heavy (non-hydrogen) atoms. The number of thiophene rings is 1. The smallest absolute Gasteiger partial charge is 0.262 e. The molecule has 6 heteroatoms. The van der Waals surface area contributed by atoms with Crippen LogP contribution in [0.25, 0.3) is 10.2 Å². The summed E-state index contributed by atoms with van der Waals surface area (Å²) in [5, 5.41) is 4.77. The fourth-order valence-corrected chi connectivity index (χ4v) is 6.81. The Morgan fingerprint density at radius 2 is 1.82 bits per heavy atom. The molecule has 0 saturated carbocycles. The summed E-state index contributed by atoms with van der Waals surface area (Å²) in [6.45, 7) is 0.630. The Bertz CT molecular complexity index is 1360. The minimum Gasteiger partial charge on any atom is -0.497 e. The Hall–Kier alpha value is -2.96. The molecule has 0 unspecified atom stereocenters. The van der Waals surface area contributed by atoms with Crippen molar-refractivity contribution in [1.82, 2.24) is 14.9 Å². The van der Waals surface area contributed by atoms with Crippen LogP contribution in [0.15, 0.2) is 59.7 Å². The van der Waals surface area contributed by atoms with Crippen LogP contribution < -0.4 is 15.6 Å². The predicted octanol–water partition coefficient (Wildman–Crippen LogP) is 4.32. The average Bonchev–Trinajstić information content (AvgIpc) is 3.44. The molecule has 2 aliphatic carbocycles. The van der Waals surface area contributed by atoms with Crippen molar-refractivity contribution in [3.8, 4) is 5.75 Å². The SMILES string of the molecule is COc1ccc(CCn2cnc3sc4c(c3c2=O)CC[C@@H](NC2Cc3ccccc3C2)C4)cc1. The number of hydrogen-bond acceptors (Lipinski definition) is 5. The highest BCUT2D eigenvalue weighted by atomic mass is 32.1. The monoisotopic (exact) mass is 471 g/mol. The van der Waals surface area contributed by atoms with Crippen LogP contribution >= 0.6 is 11.3 Å². The number of nitrogens with zero attached hydrogens (tertiary/aromatic N) is 2. The molecule has 1 N–H and O–H groups in total. The quantitative estimate of drug-likeness (QED) is 0.455. The van der Waals surface area contributed by atoms with Crippen molar-refractivity contribution in [2.45, 2.75) is 57.2 Å². The second-order valence-corrected chi connectivity index (χ2v) is 10.6. The molecule has 2 aromatic heterocycles. The van der Waals surface area contributed by atoms with Gasteiger partial charge in [-0.2, -0.15) is 0 Å². The molecular weight excluding hydrogens is 442 g/mol. The molecule has 6 rings (SSSR count). The Morgan fingerprint density at radius 3 is 2.56 bits per heavy atom. The van der Waals surface area contributed by atoms with Crippen LogP contribution in [0, 0.1) is 0 Å². The van der Waals surface area contributed by atoms with Gasteiger partial charge in [0.2, 0.25) is 0 Å². The second-order valence-electron chi connectivity index (χ2n) is 9.51. The first-order valence-corrected chi connectivity index (χ1v) is 12.9. The molecule has 0 saturated heterocycles. The fraction of sp³-hybridized carbons (Fsp3) is 0.357. The number of aryl methyl sites for hydroxylation is 3. The number of fused-ring (bicyclic) bond motifs is 4. The largest absolute Gasteiger partial charge is 0.497 e. The maximum atomic E-state index is 13.4. The number of benzene rings is 2. The van der Waals surface area contributed by atoms with Crippen molar-refractivity contribution in [3.63, 3.8) is 0 Å². The van der Waals surface area contributed by atoms with E-state index in [1.807, 2.05) is 12.1 Å². The lowest BCUT2D eigenvalue weighted by Gasteiger charge is -2.26. The van der Waals surface area contributed by atoms with Crippen LogP contribution in [0.2, 0.25) is 0 Å². The van der Waals surface area contributed by atoms with E-state index in [0.717, 1.165) is 54.5 Å². The fourth-order valence-electron chi connectivity index (χ4n) is 5.55. The lowest BCUT2D eigenvalue weighted by molar-refractivity contribution is 0.402. The third-order valence-corrected chi connectivity index (χ3v) is 8.52. The van der Waals surface area contributed by atoms with E-state index in [1.54, 1.807) is 29.3 Å². The minimum absolute atomic E-state index is 0.105.